The summed E-state index contributed by atoms with van der Waals surface area (Å²) in [5.74, 6) is -0.440. The number of nitrogens with one attached hydrogen (secondary N) is 4. The van der Waals surface area contributed by atoms with Crippen LogP contribution >= 0.6 is 47.0 Å². The lowest BCUT2D eigenvalue weighted by Crippen LogP contribution is -2.19. The molecule has 29 nitrogen and oxygen atoms in total. The summed E-state index contributed by atoms with van der Waals surface area (Å²) in [4.78, 5) is 34.9. The van der Waals surface area contributed by atoms with E-state index in [4.69, 9.17) is 38.7 Å². The van der Waals surface area contributed by atoms with Crippen LogP contribution in [0, 0.1) is 0 Å². The van der Waals surface area contributed by atoms with Gasteiger partial charge in [0.15, 0.2) is 15.0 Å². The molecule has 0 atom stereocenters. The van der Waals surface area contributed by atoms with E-state index >= 15 is 0 Å². The number of hydrogen-bond acceptors (Lipinski definition) is 26. The number of primary amides is 1. The largest absolute Gasteiger partial charge is 0.397 e. The minimum Gasteiger partial charge on any atom is -0.353 e. The van der Waals surface area contributed by atoms with Crippen LogP contribution in [0.1, 0.15) is 0 Å². The second-order valence-electron chi connectivity index (χ2n) is 13.1. The summed E-state index contributed by atoms with van der Waals surface area (Å²) in [7, 11) is -18.8. The first kappa shape index (κ1) is 53.6. The van der Waals surface area contributed by atoms with Crippen LogP contribution in [0.25, 0.3) is 10.8 Å². The molecular formula is C33H29Cl2N13O16S6. The summed E-state index contributed by atoms with van der Waals surface area (Å²) in [6.45, 7) is -0.576. The second kappa shape index (κ2) is 22.5. The van der Waals surface area contributed by atoms with Crippen molar-refractivity contribution in [3.63, 3.8) is 0 Å². The number of carbonyl (C=O) groups excluding carboxylic acids is 1. The van der Waals surface area contributed by atoms with Gasteiger partial charge in [-0.15, -0.1) is 14.6 Å². The number of urea groups is 1. The molecule has 0 saturated carbocycles. The number of thioether (sulfide) groups is 1. The number of fused-ring (bicyclic) bond motifs is 1. The minimum absolute atomic E-state index is 0.0107. The molecule has 6 rings (SSSR count). The highest BCUT2D eigenvalue weighted by atomic mass is 35.5. The van der Waals surface area contributed by atoms with Gasteiger partial charge in [-0.2, -0.15) is 55.2 Å². The second-order valence-corrected chi connectivity index (χ2v) is 21.6. The molecule has 0 spiro atoms. The predicted octanol–water partition coefficient (Wildman–Crippen LogP) is 5.63. The molecule has 2 heterocycles. The summed E-state index contributed by atoms with van der Waals surface area (Å²) in [6.07, 6.45) is 0. The third kappa shape index (κ3) is 15.4. The van der Waals surface area contributed by atoms with Crippen molar-refractivity contribution < 1.29 is 70.9 Å². The van der Waals surface area contributed by atoms with E-state index in [0.29, 0.717) is 23.5 Å². The molecule has 0 bridgehead atoms. The van der Waals surface area contributed by atoms with Gasteiger partial charge < -0.3 is 27.0 Å². The molecule has 0 unspecified atom stereocenters. The number of rotatable bonds is 22. The van der Waals surface area contributed by atoms with Crippen LogP contribution in [0.4, 0.5) is 51.1 Å². The van der Waals surface area contributed by atoms with Gasteiger partial charge in [0, 0.05) is 34.0 Å². The molecule has 37 heteroatoms. The molecular weight excluding hydrogens is 1100 g/mol. The first-order valence-corrected chi connectivity index (χ1v) is 26.8. The molecule has 10 N–H and O–H groups in total. The van der Waals surface area contributed by atoms with Crippen LogP contribution in [-0.4, -0.2) is 113 Å². The van der Waals surface area contributed by atoms with Crippen molar-refractivity contribution in [2.45, 2.75) is 24.7 Å². The fourth-order valence-corrected chi connectivity index (χ4v) is 10.0. The van der Waals surface area contributed by atoms with E-state index in [1.54, 1.807) is 0 Å². The van der Waals surface area contributed by atoms with Crippen molar-refractivity contribution in [1.29, 1.82) is 0 Å². The van der Waals surface area contributed by atoms with Gasteiger partial charge in [0.2, 0.25) is 28.4 Å². The zero-order chi connectivity index (χ0) is 51.0. The van der Waals surface area contributed by atoms with Gasteiger partial charge in [0.05, 0.1) is 35.0 Å². The van der Waals surface area contributed by atoms with E-state index in [2.05, 4.69) is 75.0 Å². The molecule has 70 heavy (non-hydrogen) atoms. The van der Waals surface area contributed by atoms with Crippen LogP contribution < -0.4 is 27.0 Å². The summed E-state index contributed by atoms with van der Waals surface area (Å²) in [5.41, 5.74) is 5.10. The molecule has 2 aromatic heterocycles. The van der Waals surface area contributed by atoms with Crippen LogP contribution in [0.5, 0.6) is 0 Å². The fourth-order valence-electron chi connectivity index (χ4n) is 5.57. The zero-order valence-electron chi connectivity index (χ0n) is 34.2. The molecule has 0 aliphatic heterocycles. The van der Waals surface area contributed by atoms with Crippen molar-refractivity contribution in [3.8, 4) is 0 Å². The van der Waals surface area contributed by atoms with Gasteiger partial charge in [-0.1, -0.05) is 16.8 Å². The Morgan fingerprint density at radius 1 is 0.729 bits per heavy atom. The number of nitrogens with two attached hydrogens (primary N) is 1. The van der Waals surface area contributed by atoms with Crippen molar-refractivity contribution in [2.24, 2.45) is 16.0 Å². The molecule has 0 radical (unpaired) electrons. The van der Waals surface area contributed by atoms with Crippen LogP contribution in [-0.2, 0) is 54.0 Å². The normalized spacial score (nSPS) is 12.3. The third-order valence-corrected chi connectivity index (χ3v) is 14.0. The summed E-state index contributed by atoms with van der Waals surface area (Å²) >= 11 is 13.7. The van der Waals surface area contributed by atoms with E-state index in [-0.39, 0.29) is 77.7 Å². The topological polar surface area (TPSA) is 438 Å². The summed E-state index contributed by atoms with van der Waals surface area (Å²) in [6, 6.07) is 12.1. The van der Waals surface area contributed by atoms with Crippen molar-refractivity contribution in [2.75, 3.05) is 45.9 Å². The summed E-state index contributed by atoms with van der Waals surface area (Å²) < 4.78 is 133. The standard InChI is InChI=1S/C33H29Cl2N13O16S6/c34-27-41-30(45-31(42-27)38-17-1-4-20(5-2-17)67(51,52)10-8-62-70(59,60)61)37-7-9-65-33-44-28(35)43-32(46-33)39-18-3-6-22(23(13-18)40-29(36)49)47-48-24-15-21-16(12-26(24)69(56,57)58)11-19(66-64-63-50)14-25(21)68(53,54)55/h1-6,11-15,50H,7-10H2,(H3,36,40,49)(H,53,54,55)(H,56,57,58)(H,59,60,61)(H,39,43,44,46)(H2,37,38,41,42,45)/b48-47+. The van der Waals surface area contributed by atoms with Gasteiger partial charge in [0.25, 0.3) is 20.2 Å². The Labute approximate surface area is 412 Å². The van der Waals surface area contributed by atoms with Gasteiger partial charge in [-0.3, -0.25) is 13.7 Å². The highest BCUT2D eigenvalue weighted by molar-refractivity contribution is 7.99. The average molecular weight is 1130 g/mol. The number of hydrogen-bond donors (Lipinski definition) is 9. The molecule has 372 valence electrons. The number of amides is 2. The van der Waals surface area contributed by atoms with Crippen molar-refractivity contribution in [3.05, 3.63) is 77.3 Å². The Kier molecular flexibility index (Phi) is 17.3. The van der Waals surface area contributed by atoms with Gasteiger partial charge >= 0.3 is 16.4 Å². The van der Waals surface area contributed by atoms with E-state index in [0.717, 1.165) is 30.0 Å². The van der Waals surface area contributed by atoms with E-state index in [1.165, 1.54) is 48.5 Å². The molecule has 6 aromatic rings. The Morgan fingerprint density at radius 2 is 1.36 bits per heavy atom. The maximum Gasteiger partial charge on any atom is 0.397 e. The van der Waals surface area contributed by atoms with E-state index in [9.17, 15) is 47.6 Å². The summed E-state index contributed by atoms with van der Waals surface area (Å²) in [5, 5.41) is 30.2. The van der Waals surface area contributed by atoms with Crippen molar-refractivity contribution in [1.82, 2.24) is 29.9 Å². The average Bonchev–Trinajstić information content (AvgIpc) is 3.25. The number of anilines is 6. The Morgan fingerprint density at radius 3 is 2.01 bits per heavy atom. The molecule has 4 aromatic carbocycles. The molecule has 0 saturated heterocycles. The van der Waals surface area contributed by atoms with Crippen molar-refractivity contribution >= 4 is 151 Å². The molecule has 2 amide bonds. The van der Waals surface area contributed by atoms with Gasteiger partial charge in [0.1, 0.15) is 21.2 Å². The number of benzene rings is 4. The SMILES string of the molecule is NC(=O)Nc1cc(Nc2nc(Cl)nc(SCCNc3nc(Cl)nc(Nc4ccc(S(=O)(=O)CCOS(=O)(=O)O)cc4)n3)n2)ccc1/N=N/c1cc2c(S(=O)(=O)O)cc(SOOO)cc2cc1S(=O)(=O)O. The Balaban J connectivity index is 1.13. The predicted molar refractivity (Wildman–Crippen MR) is 250 cm³/mol. The number of halogens is 2. The van der Waals surface area contributed by atoms with E-state index < -0.39 is 74.3 Å². The first-order valence-electron chi connectivity index (χ1n) is 18.4. The number of sulfone groups is 1. The Hall–Kier alpha value is -5.77. The highest BCUT2D eigenvalue weighted by Gasteiger charge is 2.23. The first-order chi connectivity index (χ1) is 32.8. The number of carbonyl (C=O) groups is 1. The lowest BCUT2D eigenvalue weighted by atomic mass is 10.1. The zero-order valence-corrected chi connectivity index (χ0v) is 40.6. The lowest BCUT2D eigenvalue weighted by molar-refractivity contribution is -0.432. The highest BCUT2D eigenvalue weighted by Crippen LogP contribution is 2.38. The third-order valence-electron chi connectivity index (χ3n) is 8.33. The maximum atomic E-state index is 12.5. The monoisotopic (exact) mass is 1120 g/mol. The lowest BCUT2D eigenvalue weighted by Gasteiger charge is -2.12. The Bertz CT molecular complexity index is 3460. The van der Waals surface area contributed by atoms with Gasteiger partial charge in [-0.25, -0.2) is 22.7 Å². The number of nitrogens with zero attached hydrogens (tertiary/aromatic N) is 8. The number of azo groups is 1. The maximum absolute atomic E-state index is 12.5. The number of aromatic nitrogens is 6. The van der Waals surface area contributed by atoms with Crippen LogP contribution in [0.15, 0.2) is 102 Å². The van der Waals surface area contributed by atoms with Gasteiger partial charge in [-0.05, 0) is 95.3 Å². The smallest absolute Gasteiger partial charge is 0.353 e. The van der Waals surface area contributed by atoms with Crippen LogP contribution in [0.3, 0.4) is 0 Å². The quantitative estimate of drug-likeness (QED) is 0.00756. The molecule has 0 fully saturated rings. The molecule has 0 aliphatic rings. The fraction of sp³-hybridized carbons (Fsp3) is 0.121. The minimum atomic E-state index is -5.08. The molecule has 0 aliphatic carbocycles. The van der Waals surface area contributed by atoms with E-state index in [1.807, 2.05) is 0 Å². The van der Waals surface area contributed by atoms with Crippen LogP contribution in [0.2, 0.25) is 10.6 Å².